The molecular formula is C49H83N9O21. The van der Waals surface area contributed by atoms with Crippen molar-refractivity contribution in [1.29, 1.82) is 0 Å². The molecule has 0 bridgehead atoms. The number of unbranched alkanes of at least 4 members (excludes halogenated alkanes) is 3. The normalized spacial score (nSPS) is 20.0. The molecule has 0 aromatic rings. The van der Waals surface area contributed by atoms with E-state index in [0.717, 1.165) is 13.0 Å². The molecule has 3 amide bonds. The van der Waals surface area contributed by atoms with Crippen molar-refractivity contribution >= 4 is 47.7 Å². The van der Waals surface area contributed by atoms with Gasteiger partial charge in [-0.15, -0.1) is 6.42 Å². The van der Waals surface area contributed by atoms with Crippen molar-refractivity contribution in [2.75, 3.05) is 98.9 Å². The van der Waals surface area contributed by atoms with Crippen molar-refractivity contribution in [2.45, 2.75) is 121 Å². The Morgan fingerprint density at radius 1 is 0.696 bits per heavy atom. The SMILES string of the molecule is C.C#CCOCCOCCOCCOCCC(=O)N(CCCCCCNC(=O)O[C@@H]([C@@H]1OC(C(=O)O)=C[C@H](N=C(N)N)[C@H]1NC(C)=O)[C@H](O)CO)CCOCCCC(=O)O[C@@H]([C@@H]1OC(C(=O)O)=C[C@H](N=C(N)N)[C@H]1C)[C@H](O)CO. The Balaban J connectivity index is 0.0000312. The second kappa shape index (κ2) is 39.7. The van der Waals surface area contributed by atoms with Crippen LogP contribution in [0.4, 0.5) is 4.79 Å². The van der Waals surface area contributed by atoms with Gasteiger partial charge in [0.25, 0.3) is 0 Å². The minimum Gasteiger partial charge on any atom is -0.479 e. The van der Waals surface area contributed by atoms with Gasteiger partial charge in [0.15, 0.2) is 30.2 Å². The molecule has 450 valence electrons. The van der Waals surface area contributed by atoms with E-state index in [1.807, 2.05) is 0 Å². The molecule has 0 unspecified atom stereocenters. The number of hydrogen-bond acceptors (Lipinski definition) is 21. The van der Waals surface area contributed by atoms with Gasteiger partial charge in [-0.3, -0.25) is 14.4 Å². The third-order valence-electron chi connectivity index (χ3n) is 11.5. The van der Waals surface area contributed by atoms with Gasteiger partial charge in [-0.1, -0.05) is 33.1 Å². The number of aliphatic hydroxyl groups is 4. The Morgan fingerprint density at radius 3 is 1.77 bits per heavy atom. The second-order valence-corrected chi connectivity index (χ2v) is 17.6. The van der Waals surface area contributed by atoms with Gasteiger partial charge in [0.2, 0.25) is 23.3 Å². The maximum Gasteiger partial charge on any atom is 0.407 e. The average Bonchev–Trinajstić information content (AvgIpc) is 3.43. The van der Waals surface area contributed by atoms with Gasteiger partial charge in [0, 0.05) is 45.5 Å². The molecule has 2 rings (SSSR count). The molecule has 79 heavy (non-hydrogen) atoms. The molecule has 0 fully saturated rings. The van der Waals surface area contributed by atoms with Crippen molar-refractivity contribution < 1.29 is 102 Å². The van der Waals surface area contributed by atoms with E-state index in [1.54, 1.807) is 11.8 Å². The van der Waals surface area contributed by atoms with Crippen LogP contribution in [0.25, 0.3) is 0 Å². The van der Waals surface area contributed by atoms with E-state index in [2.05, 4.69) is 26.5 Å². The number of carbonyl (C=O) groups is 6. The summed E-state index contributed by atoms with van der Waals surface area (Å²) in [5.41, 5.74) is 22.1. The number of alkyl carbamates (subject to hydrolysis) is 1. The zero-order valence-electron chi connectivity index (χ0n) is 44.0. The number of aliphatic carboxylic acids is 2. The van der Waals surface area contributed by atoms with Crippen LogP contribution in [0, 0.1) is 18.3 Å². The lowest BCUT2D eigenvalue weighted by Crippen LogP contribution is -2.61. The maximum absolute atomic E-state index is 13.4. The van der Waals surface area contributed by atoms with Gasteiger partial charge in [-0.25, -0.2) is 24.4 Å². The number of rotatable bonds is 40. The monoisotopic (exact) mass is 1130 g/mol. The first-order chi connectivity index (χ1) is 37.2. The van der Waals surface area contributed by atoms with Crippen LogP contribution in [0.1, 0.15) is 66.2 Å². The van der Waals surface area contributed by atoms with Crippen molar-refractivity contribution in [1.82, 2.24) is 15.5 Å². The molecule has 0 aliphatic carbocycles. The highest BCUT2D eigenvalue weighted by molar-refractivity contribution is 5.86. The van der Waals surface area contributed by atoms with E-state index in [-0.39, 0.29) is 91.3 Å². The lowest BCUT2D eigenvalue weighted by atomic mass is 9.87. The van der Waals surface area contributed by atoms with Crippen LogP contribution in [0.5, 0.6) is 0 Å². The van der Waals surface area contributed by atoms with Crippen molar-refractivity contribution in [3.8, 4) is 12.3 Å². The smallest absolute Gasteiger partial charge is 0.407 e. The first-order valence-corrected chi connectivity index (χ1v) is 25.2. The zero-order valence-corrected chi connectivity index (χ0v) is 44.0. The fourth-order valence-electron chi connectivity index (χ4n) is 7.76. The summed E-state index contributed by atoms with van der Waals surface area (Å²) in [7, 11) is 0. The molecule has 0 radical (unpaired) electrons. The molecule has 30 nitrogen and oxygen atoms in total. The van der Waals surface area contributed by atoms with Gasteiger partial charge < -0.3 is 112 Å². The summed E-state index contributed by atoms with van der Waals surface area (Å²) in [5, 5.41) is 65.2. The molecule has 0 saturated heterocycles. The highest BCUT2D eigenvalue weighted by Crippen LogP contribution is 2.31. The van der Waals surface area contributed by atoms with Gasteiger partial charge in [-0.2, -0.15) is 0 Å². The number of terminal acetylenes is 1. The van der Waals surface area contributed by atoms with Crippen LogP contribution >= 0.6 is 0 Å². The lowest BCUT2D eigenvalue weighted by molar-refractivity contribution is -0.176. The summed E-state index contributed by atoms with van der Waals surface area (Å²) in [6.07, 6.45) is -1.09. The minimum absolute atomic E-state index is 0. The number of carboxylic acid groups (broad SMARTS) is 2. The largest absolute Gasteiger partial charge is 0.479 e. The fourth-order valence-corrected chi connectivity index (χ4v) is 7.76. The summed E-state index contributed by atoms with van der Waals surface area (Å²) in [6, 6.07) is -3.40. The Kier molecular flexibility index (Phi) is 35.4. The number of hydrogen-bond donors (Lipinski definition) is 12. The Hall–Kier alpha value is -6.56. The molecule has 2 heterocycles. The van der Waals surface area contributed by atoms with Crippen LogP contribution in [-0.2, 0) is 66.6 Å². The number of carboxylic acids is 2. The maximum atomic E-state index is 13.4. The fraction of sp³-hybridized carbons (Fsp3) is 0.714. The predicted octanol–water partition coefficient (Wildman–Crippen LogP) is -3.23. The van der Waals surface area contributed by atoms with E-state index in [4.69, 9.17) is 72.0 Å². The number of aliphatic hydroxyl groups excluding tert-OH is 4. The molecule has 2 aliphatic rings. The Morgan fingerprint density at radius 2 is 1.22 bits per heavy atom. The summed E-state index contributed by atoms with van der Waals surface area (Å²) in [4.78, 5) is 84.8. The number of nitrogens with zero attached hydrogens (tertiary/aromatic N) is 3. The predicted molar refractivity (Wildman–Crippen MR) is 280 cm³/mol. The molecule has 0 aromatic carbocycles. The number of nitrogens with two attached hydrogens (primary N) is 4. The van der Waals surface area contributed by atoms with Crippen LogP contribution < -0.4 is 33.6 Å². The van der Waals surface area contributed by atoms with Crippen molar-refractivity contribution in [2.24, 2.45) is 38.8 Å². The quantitative estimate of drug-likeness (QED) is 0.00944. The molecule has 0 saturated carbocycles. The Labute approximate surface area is 459 Å². The summed E-state index contributed by atoms with van der Waals surface area (Å²) in [5.74, 6) is -4.99. The third kappa shape index (κ3) is 27.7. The Bertz CT molecular complexity index is 2030. The number of ether oxygens (including phenoxy) is 9. The molecule has 10 atom stereocenters. The molecule has 16 N–H and O–H groups in total. The standard InChI is InChI=1S/C48H79N9O21.CH4/c1-4-15-70-19-21-73-23-24-74-22-20-72-17-11-37(63)57(14-18-71-16-9-10-38(64)77-41(33(61)27-58)40-29(2)31(55-46(49)50)25-35(75-40)44(65)66)13-8-6-5-7-12-53-48(69)78-42(34(62)28-59)43-39(54-30(3)60)32(56-47(51)52)26-36(76-43)45(67)68;/h1,25-26,29,31-34,39-43,58-59,61-62H,5-24,27-28H2,2-3H3,(H,53,69)(H,54,60)(H,65,66)(H,67,68)(H4,49,50,55)(H4,51,52,56);1H4/t29-,31+,32+,33-,34-,39-,40-,41-,42-,43-;/m1./s1. The highest BCUT2D eigenvalue weighted by atomic mass is 16.6. The highest BCUT2D eigenvalue weighted by Gasteiger charge is 2.47. The van der Waals surface area contributed by atoms with E-state index in [0.29, 0.717) is 58.7 Å². The molecule has 0 aromatic heterocycles. The third-order valence-corrected chi connectivity index (χ3v) is 11.5. The van der Waals surface area contributed by atoms with Crippen LogP contribution in [0.15, 0.2) is 33.7 Å². The van der Waals surface area contributed by atoms with Crippen molar-refractivity contribution in [3.05, 3.63) is 23.7 Å². The van der Waals surface area contributed by atoms with E-state index < -0.39 is 121 Å². The number of nitrogens with one attached hydrogen (secondary N) is 2. The van der Waals surface area contributed by atoms with Crippen LogP contribution in [0.3, 0.4) is 0 Å². The number of aliphatic imine (C=N–C) groups is 2. The van der Waals surface area contributed by atoms with Gasteiger partial charge in [-0.05, 0) is 31.4 Å². The summed E-state index contributed by atoms with van der Waals surface area (Å²) < 4.78 is 49.4. The first-order valence-electron chi connectivity index (χ1n) is 25.2. The number of esters is 1. The lowest BCUT2D eigenvalue weighted by Gasteiger charge is -2.39. The minimum atomic E-state index is -1.80. The second-order valence-electron chi connectivity index (χ2n) is 17.6. The first kappa shape index (κ1) is 70.5. The average molecular weight is 1130 g/mol. The van der Waals surface area contributed by atoms with Crippen molar-refractivity contribution in [3.63, 3.8) is 0 Å². The van der Waals surface area contributed by atoms with Gasteiger partial charge in [0.05, 0.1) is 90.6 Å². The number of amides is 3. The van der Waals surface area contributed by atoms with E-state index in [1.165, 1.54) is 6.08 Å². The van der Waals surface area contributed by atoms with E-state index >= 15 is 0 Å². The summed E-state index contributed by atoms with van der Waals surface area (Å²) in [6.45, 7) is 3.90. The summed E-state index contributed by atoms with van der Waals surface area (Å²) >= 11 is 0. The molecule has 2 aliphatic heterocycles. The molecule has 30 heteroatoms. The zero-order chi connectivity index (χ0) is 58.0. The molecule has 0 spiro atoms. The van der Waals surface area contributed by atoms with Gasteiger partial charge >= 0.3 is 24.0 Å². The number of carbonyl (C=O) groups excluding carboxylic acids is 4. The number of guanidine groups is 2. The molecular weight excluding hydrogens is 1050 g/mol. The van der Waals surface area contributed by atoms with E-state index in [9.17, 15) is 59.4 Å². The van der Waals surface area contributed by atoms with Crippen LogP contribution in [-0.4, -0.2) is 237 Å². The van der Waals surface area contributed by atoms with Gasteiger partial charge in [0.1, 0.15) is 24.9 Å². The van der Waals surface area contributed by atoms with Crippen LogP contribution in [0.2, 0.25) is 0 Å². The topological polar surface area (TPSA) is 463 Å².